The number of benzene rings is 3. The van der Waals surface area contributed by atoms with Gasteiger partial charge < -0.3 is 10.1 Å². The van der Waals surface area contributed by atoms with Gasteiger partial charge in [-0.15, -0.1) is 0 Å². The van der Waals surface area contributed by atoms with E-state index < -0.39 is 22.0 Å². The van der Waals surface area contributed by atoms with Gasteiger partial charge in [0.05, 0.1) is 12.0 Å². The van der Waals surface area contributed by atoms with Crippen molar-refractivity contribution in [3.05, 3.63) is 89.4 Å². The van der Waals surface area contributed by atoms with Crippen LogP contribution in [0.15, 0.2) is 83.8 Å². The zero-order valence-corrected chi connectivity index (χ0v) is 17.8. The molecule has 0 aromatic heterocycles. The van der Waals surface area contributed by atoms with Crippen LogP contribution in [-0.2, 0) is 21.2 Å². The number of methoxy groups -OCH3 is 1. The van der Waals surface area contributed by atoms with Crippen LogP contribution in [0.3, 0.4) is 0 Å². The molecule has 0 aliphatic rings. The minimum atomic E-state index is -3.94. The number of anilines is 1. The zero-order chi connectivity index (χ0) is 21.6. The van der Waals surface area contributed by atoms with E-state index in [1.54, 1.807) is 36.4 Å². The Morgan fingerprint density at radius 3 is 2.20 bits per heavy atom. The minimum Gasteiger partial charge on any atom is -0.497 e. The summed E-state index contributed by atoms with van der Waals surface area (Å²) in [5.74, 6) is 0.0635. The lowest BCUT2D eigenvalue weighted by Crippen LogP contribution is -2.45. The first-order valence-corrected chi connectivity index (χ1v) is 11.0. The van der Waals surface area contributed by atoms with E-state index in [0.717, 1.165) is 5.56 Å². The van der Waals surface area contributed by atoms with Gasteiger partial charge in [-0.05, 0) is 60.5 Å². The lowest BCUT2D eigenvalue weighted by atomic mass is 10.1. The fraction of sp³-hybridized carbons (Fsp3) is 0.136. The van der Waals surface area contributed by atoms with Gasteiger partial charge in [-0.1, -0.05) is 41.9 Å². The number of rotatable bonds is 8. The maximum Gasteiger partial charge on any atom is 0.242 e. The maximum atomic E-state index is 12.9. The van der Waals surface area contributed by atoms with E-state index >= 15 is 0 Å². The molecule has 2 N–H and O–H groups in total. The maximum absolute atomic E-state index is 12.9. The quantitative estimate of drug-likeness (QED) is 0.552. The van der Waals surface area contributed by atoms with Crippen molar-refractivity contribution >= 4 is 33.2 Å². The van der Waals surface area contributed by atoms with Gasteiger partial charge in [-0.25, -0.2) is 8.42 Å². The molecule has 6 nitrogen and oxygen atoms in total. The van der Waals surface area contributed by atoms with Crippen LogP contribution >= 0.6 is 11.6 Å². The highest BCUT2D eigenvalue weighted by atomic mass is 35.5. The Morgan fingerprint density at radius 2 is 1.60 bits per heavy atom. The number of sulfonamides is 1. The summed E-state index contributed by atoms with van der Waals surface area (Å²) >= 11 is 5.88. The van der Waals surface area contributed by atoms with Gasteiger partial charge in [0.25, 0.3) is 0 Å². The highest BCUT2D eigenvalue weighted by Crippen LogP contribution is 2.18. The van der Waals surface area contributed by atoms with Gasteiger partial charge in [0.1, 0.15) is 11.8 Å². The summed E-state index contributed by atoms with van der Waals surface area (Å²) in [6.07, 6.45) is 0.190. The van der Waals surface area contributed by atoms with Crippen molar-refractivity contribution < 1.29 is 17.9 Å². The van der Waals surface area contributed by atoms with Gasteiger partial charge in [0, 0.05) is 10.7 Å². The first kappa shape index (κ1) is 21.8. The van der Waals surface area contributed by atoms with Crippen LogP contribution in [0, 0.1) is 0 Å². The first-order chi connectivity index (χ1) is 14.4. The molecule has 3 aromatic carbocycles. The van der Waals surface area contributed by atoms with E-state index in [1.165, 1.54) is 19.2 Å². The fourth-order valence-corrected chi connectivity index (χ4v) is 4.13. The summed E-state index contributed by atoms with van der Waals surface area (Å²) in [6.45, 7) is 0. The van der Waals surface area contributed by atoms with Gasteiger partial charge in [0.2, 0.25) is 15.9 Å². The SMILES string of the molecule is COc1ccc(S(=O)(=O)NC(Cc2ccccc2)C(=O)Nc2ccc(Cl)cc2)cc1. The molecule has 0 aliphatic carbocycles. The molecule has 1 atom stereocenters. The summed E-state index contributed by atoms with van der Waals surface area (Å²) in [5.41, 5.74) is 1.34. The predicted molar refractivity (Wildman–Crippen MR) is 117 cm³/mol. The lowest BCUT2D eigenvalue weighted by Gasteiger charge is -2.19. The molecule has 0 saturated carbocycles. The number of amides is 1. The second kappa shape index (κ2) is 9.75. The molecule has 8 heteroatoms. The monoisotopic (exact) mass is 444 g/mol. The third-order valence-corrected chi connectivity index (χ3v) is 6.12. The summed E-state index contributed by atoms with van der Waals surface area (Å²) in [5, 5.41) is 3.27. The van der Waals surface area contributed by atoms with Crippen LogP contribution in [0.2, 0.25) is 5.02 Å². The van der Waals surface area contributed by atoms with Crippen LogP contribution in [0.5, 0.6) is 5.75 Å². The van der Waals surface area contributed by atoms with E-state index in [1.807, 2.05) is 30.3 Å². The predicted octanol–water partition coefficient (Wildman–Crippen LogP) is 3.88. The molecule has 0 radical (unpaired) electrons. The average Bonchev–Trinajstić information content (AvgIpc) is 2.75. The number of ether oxygens (including phenoxy) is 1. The number of nitrogens with one attached hydrogen (secondary N) is 2. The van der Waals surface area contributed by atoms with E-state index in [-0.39, 0.29) is 11.3 Å². The first-order valence-electron chi connectivity index (χ1n) is 9.14. The normalized spacial score (nSPS) is 12.2. The average molecular weight is 445 g/mol. The number of carbonyl (C=O) groups is 1. The Balaban J connectivity index is 1.84. The molecule has 0 fully saturated rings. The molecule has 3 rings (SSSR count). The molecule has 3 aromatic rings. The third kappa shape index (κ3) is 5.82. The second-order valence-electron chi connectivity index (χ2n) is 6.54. The van der Waals surface area contributed by atoms with E-state index in [9.17, 15) is 13.2 Å². The Morgan fingerprint density at radius 1 is 0.967 bits per heavy atom. The Bertz CT molecular complexity index is 1090. The molecule has 30 heavy (non-hydrogen) atoms. The summed E-state index contributed by atoms with van der Waals surface area (Å²) in [6, 6.07) is 20.7. The Labute approximate surface area is 180 Å². The number of hydrogen-bond acceptors (Lipinski definition) is 4. The van der Waals surface area contributed by atoms with E-state index in [2.05, 4.69) is 10.0 Å². The topological polar surface area (TPSA) is 84.5 Å². The molecule has 156 valence electrons. The minimum absolute atomic E-state index is 0.0423. The molecular formula is C22H21ClN2O4S. The fourth-order valence-electron chi connectivity index (χ4n) is 2.81. The van der Waals surface area contributed by atoms with Crippen molar-refractivity contribution in [3.63, 3.8) is 0 Å². The van der Waals surface area contributed by atoms with Crippen molar-refractivity contribution in [1.29, 1.82) is 0 Å². The van der Waals surface area contributed by atoms with Crippen LogP contribution in [0.25, 0.3) is 0 Å². The summed E-state index contributed by atoms with van der Waals surface area (Å²) in [4.78, 5) is 13.0. The van der Waals surface area contributed by atoms with Crippen LogP contribution < -0.4 is 14.8 Å². The van der Waals surface area contributed by atoms with Crippen LogP contribution in [0.1, 0.15) is 5.56 Å². The van der Waals surface area contributed by atoms with Gasteiger partial charge in [-0.2, -0.15) is 4.72 Å². The highest BCUT2D eigenvalue weighted by Gasteiger charge is 2.26. The van der Waals surface area contributed by atoms with E-state index in [4.69, 9.17) is 16.3 Å². The molecule has 0 heterocycles. The largest absolute Gasteiger partial charge is 0.497 e. The lowest BCUT2D eigenvalue weighted by molar-refractivity contribution is -0.117. The number of hydrogen-bond donors (Lipinski definition) is 2. The van der Waals surface area contributed by atoms with Gasteiger partial charge in [-0.3, -0.25) is 4.79 Å². The molecule has 1 unspecified atom stereocenters. The van der Waals surface area contributed by atoms with Crippen molar-refractivity contribution in [2.45, 2.75) is 17.4 Å². The summed E-state index contributed by atoms with van der Waals surface area (Å²) in [7, 11) is -2.44. The Kier molecular flexibility index (Phi) is 7.10. The highest BCUT2D eigenvalue weighted by molar-refractivity contribution is 7.89. The standard InChI is InChI=1S/C22H21ClN2O4S/c1-29-19-11-13-20(14-12-19)30(27,28)25-21(15-16-5-3-2-4-6-16)22(26)24-18-9-7-17(23)8-10-18/h2-14,21,25H,15H2,1H3,(H,24,26). The van der Waals surface area contributed by atoms with Crippen LogP contribution in [-0.4, -0.2) is 27.5 Å². The van der Waals surface area contributed by atoms with Gasteiger partial charge in [0.15, 0.2) is 0 Å². The number of halogens is 1. The third-order valence-electron chi connectivity index (χ3n) is 4.38. The van der Waals surface area contributed by atoms with Crippen molar-refractivity contribution in [1.82, 2.24) is 4.72 Å². The van der Waals surface area contributed by atoms with Gasteiger partial charge >= 0.3 is 0 Å². The second-order valence-corrected chi connectivity index (χ2v) is 8.69. The van der Waals surface area contributed by atoms with Crippen molar-refractivity contribution in [2.75, 3.05) is 12.4 Å². The molecule has 0 aliphatic heterocycles. The van der Waals surface area contributed by atoms with Crippen molar-refractivity contribution in [2.24, 2.45) is 0 Å². The molecule has 0 spiro atoms. The van der Waals surface area contributed by atoms with Crippen molar-refractivity contribution in [3.8, 4) is 5.75 Å². The molecule has 0 saturated heterocycles. The zero-order valence-electron chi connectivity index (χ0n) is 16.2. The summed E-state index contributed by atoms with van der Waals surface area (Å²) < 4.78 is 33.4. The Hall–Kier alpha value is -2.87. The van der Waals surface area contributed by atoms with Crippen LogP contribution in [0.4, 0.5) is 5.69 Å². The molecule has 1 amide bonds. The molecule has 0 bridgehead atoms. The van der Waals surface area contributed by atoms with E-state index in [0.29, 0.717) is 16.5 Å². The molecular weight excluding hydrogens is 424 g/mol. The smallest absolute Gasteiger partial charge is 0.242 e. The number of carbonyl (C=O) groups excluding carboxylic acids is 1.